The van der Waals surface area contributed by atoms with Crippen LogP contribution in [0.3, 0.4) is 0 Å². The fraction of sp³-hybridized carbons (Fsp3) is 0.100. The van der Waals surface area contributed by atoms with Crippen molar-refractivity contribution in [2.24, 2.45) is 4.99 Å². The molecule has 6 rings (SSSR count). The molecular weight excluding hydrogens is 514 g/mol. The van der Waals surface area contributed by atoms with Crippen molar-refractivity contribution in [2.45, 2.75) is 19.9 Å². The van der Waals surface area contributed by atoms with E-state index in [0.29, 0.717) is 31.9 Å². The molecule has 0 bridgehead atoms. The van der Waals surface area contributed by atoms with E-state index in [-0.39, 0.29) is 17.2 Å². The smallest absolute Gasteiger partial charge is 0.271 e. The van der Waals surface area contributed by atoms with Gasteiger partial charge in [-0.1, -0.05) is 65.9 Å². The Morgan fingerprint density at radius 2 is 1.82 bits per heavy atom. The third-order valence-corrected chi connectivity index (χ3v) is 8.60. The molecule has 8 heteroatoms. The second-order valence-corrected chi connectivity index (χ2v) is 11.1. The lowest BCUT2D eigenvalue weighted by Gasteiger charge is -2.24. The number of amides is 1. The number of aromatic hydroxyl groups is 1. The summed E-state index contributed by atoms with van der Waals surface area (Å²) in [4.78, 5) is 33.7. The van der Waals surface area contributed by atoms with E-state index in [1.54, 1.807) is 23.6 Å². The number of rotatable bonds is 4. The van der Waals surface area contributed by atoms with Crippen molar-refractivity contribution in [1.82, 2.24) is 4.57 Å². The summed E-state index contributed by atoms with van der Waals surface area (Å²) in [7, 11) is 0. The van der Waals surface area contributed by atoms with Crippen molar-refractivity contribution in [2.75, 3.05) is 5.32 Å². The van der Waals surface area contributed by atoms with Crippen LogP contribution in [0.5, 0.6) is 5.75 Å². The molecule has 0 saturated carbocycles. The molecule has 38 heavy (non-hydrogen) atoms. The topological polar surface area (TPSA) is 83.7 Å². The SMILES string of the molecule is CC1=C(C(=O)Nc2ccccc2C)C(c2cccs2)n2c(sc(=Cc3c(O)ccc4ccccc34)c2=O)=N1. The van der Waals surface area contributed by atoms with E-state index in [2.05, 4.69) is 5.32 Å². The Balaban J connectivity index is 1.53. The lowest BCUT2D eigenvalue weighted by molar-refractivity contribution is -0.113. The number of phenolic OH excluding ortho intramolecular Hbond substituents is 1. The van der Waals surface area contributed by atoms with Gasteiger partial charge in [-0.15, -0.1) is 11.3 Å². The second kappa shape index (κ2) is 9.55. The molecule has 0 aliphatic carbocycles. The molecule has 1 unspecified atom stereocenters. The van der Waals surface area contributed by atoms with Gasteiger partial charge < -0.3 is 10.4 Å². The van der Waals surface area contributed by atoms with Crippen molar-refractivity contribution < 1.29 is 9.90 Å². The summed E-state index contributed by atoms with van der Waals surface area (Å²) in [5.74, 6) is -0.196. The largest absolute Gasteiger partial charge is 0.507 e. The molecule has 5 aromatic rings. The number of thiophene rings is 1. The molecule has 0 spiro atoms. The number of thiazole rings is 1. The number of nitrogens with one attached hydrogen (secondary N) is 1. The first-order valence-electron chi connectivity index (χ1n) is 12.1. The van der Waals surface area contributed by atoms with E-state index >= 15 is 0 Å². The summed E-state index contributed by atoms with van der Waals surface area (Å²) in [5.41, 5.74) is 2.98. The van der Waals surface area contributed by atoms with Crippen molar-refractivity contribution >= 4 is 51.1 Å². The molecule has 2 N–H and O–H groups in total. The van der Waals surface area contributed by atoms with Crippen LogP contribution in [0.2, 0.25) is 0 Å². The first kappa shape index (κ1) is 24.1. The molecule has 188 valence electrons. The molecule has 6 nitrogen and oxygen atoms in total. The molecular formula is C30H23N3O3S2. The van der Waals surface area contributed by atoms with E-state index in [0.717, 1.165) is 21.2 Å². The van der Waals surface area contributed by atoms with Crippen molar-refractivity contribution in [3.05, 3.63) is 125 Å². The van der Waals surface area contributed by atoms with Crippen molar-refractivity contribution in [1.29, 1.82) is 0 Å². The molecule has 3 aromatic carbocycles. The number of hydrogen-bond donors (Lipinski definition) is 2. The van der Waals surface area contributed by atoms with Crippen LogP contribution in [-0.4, -0.2) is 15.6 Å². The van der Waals surface area contributed by atoms with Gasteiger partial charge in [0.1, 0.15) is 11.8 Å². The van der Waals surface area contributed by atoms with Crippen LogP contribution in [0, 0.1) is 6.92 Å². The quantitative estimate of drug-likeness (QED) is 0.335. The minimum atomic E-state index is -0.612. The first-order chi connectivity index (χ1) is 18.4. The maximum Gasteiger partial charge on any atom is 0.271 e. The van der Waals surface area contributed by atoms with Gasteiger partial charge in [0.15, 0.2) is 4.80 Å². The number of benzene rings is 3. The standard InChI is InChI=1S/C30H23N3O3S2/c1-17-8-3-6-11-22(17)32-28(35)26-18(2)31-30-33(27(26)24-12-7-15-37-24)29(36)25(38-30)16-21-20-10-5-4-9-19(20)13-14-23(21)34/h3-16,27,34H,1-2H3,(H,32,35). The minimum absolute atomic E-state index is 0.0961. The Morgan fingerprint density at radius 3 is 2.61 bits per heavy atom. The Bertz CT molecular complexity index is 1930. The summed E-state index contributed by atoms with van der Waals surface area (Å²) in [6, 6.07) is 22.0. The highest BCUT2D eigenvalue weighted by atomic mass is 32.1. The number of fused-ring (bicyclic) bond motifs is 2. The van der Waals surface area contributed by atoms with Gasteiger partial charge >= 0.3 is 0 Å². The van der Waals surface area contributed by atoms with E-state index in [1.165, 1.54) is 22.7 Å². The molecule has 0 radical (unpaired) electrons. The van der Waals surface area contributed by atoms with E-state index in [4.69, 9.17) is 4.99 Å². The fourth-order valence-electron chi connectivity index (χ4n) is 4.80. The van der Waals surface area contributed by atoms with Crippen LogP contribution in [-0.2, 0) is 4.79 Å². The zero-order valence-electron chi connectivity index (χ0n) is 20.6. The van der Waals surface area contributed by atoms with Gasteiger partial charge in [-0.05, 0) is 59.8 Å². The van der Waals surface area contributed by atoms with Gasteiger partial charge in [0.25, 0.3) is 11.5 Å². The van der Waals surface area contributed by atoms with Crippen LogP contribution in [0.15, 0.2) is 99.2 Å². The summed E-state index contributed by atoms with van der Waals surface area (Å²) >= 11 is 2.75. The van der Waals surface area contributed by atoms with Gasteiger partial charge in [-0.2, -0.15) is 0 Å². The molecule has 1 atom stereocenters. The predicted molar refractivity (Wildman–Crippen MR) is 154 cm³/mol. The van der Waals surface area contributed by atoms with Gasteiger partial charge in [-0.25, -0.2) is 4.99 Å². The predicted octanol–water partition coefficient (Wildman–Crippen LogP) is 5.10. The maximum absolute atomic E-state index is 13.9. The highest BCUT2D eigenvalue weighted by Gasteiger charge is 2.33. The Kier molecular flexibility index (Phi) is 6.06. The van der Waals surface area contributed by atoms with Gasteiger partial charge in [-0.3, -0.25) is 14.2 Å². The third kappa shape index (κ3) is 4.08. The van der Waals surface area contributed by atoms with Crippen LogP contribution >= 0.6 is 22.7 Å². The van der Waals surface area contributed by atoms with E-state index < -0.39 is 6.04 Å². The van der Waals surface area contributed by atoms with Gasteiger partial charge in [0, 0.05) is 16.1 Å². The van der Waals surface area contributed by atoms with Crippen molar-refractivity contribution in [3.8, 4) is 5.75 Å². The third-order valence-electron chi connectivity index (χ3n) is 6.70. The molecule has 3 heterocycles. The Labute approximate surface area is 226 Å². The Morgan fingerprint density at radius 1 is 1.03 bits per heavy atom. The number of anilines is 1. The molecule has 1 aliphatic heterocycles. The summed E-state index contributed by atoms with van der Waals surface area (Å²) in [5, 5.41) is 17.4. The number of aryl methyl sites for hydroxylation is 1. The number of phenols is 1. The first-order valence-corrected chi connectivity index (χ1v) is 13.8. The number of aromatic nitrogens is 1. The Hall–Kier alpha value is -4.27. The highest BCUT2D eigenvalue weighted by Crippen LogP contribution is 2.33. The number of carbonyl (C=O) groups is 1. The fourth-order valence-corrected chi connectivity index (χ4v) is 6.65. The molecule has 2 aromatic heterocycles. The van der Waals surface area contributed by atoms with Crippen LogP contribution < -0.4 is 20.2 Å². The van der Waals surface area contributed by atoms with E-state index in [1.807, 2.05) is 79.0 Å². The summed E-state index contributed by atoms with van der Waals surface area (Å²) in [6.07, 6.45) is 1.72. The second-order valence-electron chi connectivity index (χ2n) is 9.09. The monoisotopic (exact) mass is 537 g/mol. The zero-order valence-corrected chi connectivity index (χ0v) is 22.3. The number of carbonyl (C=O) groups excluding carboxylic acids is 1. The number of para-hydroxylation sites is 1. The van der Waals surface area contributed by atoms with Crippen LogP contribution in [0.25, 0.3) is 16.8 Å². The van der Waals surface area contributed by atoms with Crippen LogP contribution in [0.4, 0.5) is 5.69 Å². The molecule has 1 aliphatic rings. The van der Waals surface area contributed by atoms with Gasteiger partial charge in [0.2, 0.25) is 0 Å². The maximum atomic E-state index is 13.9. The minimum Gasteiger partial charge on any atom is -0.507 e. The summed E-state index contributed by atoms with van der Waals surface area (Å²) < 4.78 is 2.04. The number of nitrogens with zero attached hydrogens (tertiary/aromatic N) is 2. The molecule has 0 fully saturated rings. The normalized spacial score (nSPS) is 15.4. The average Bonchev–Trinajstić information content (AvgIpc) is 3.55. The average molecular weight is 538 g/mol. The van der Waals surface area contributed by atoms with Crippen LogP contribution in [0.1, 0.15) is 29.0 Å². The van der Waals surface area contributed by atoms with Crippen molar-refractivity contribution in [3.63, 3.8) is 0 Å². The summed E-state index contributed by atoms with van der Waals surface area (Å²) in [6.45, 7) is 3.74. The number of hydrogen-bond acceptors (Lipinski definition) is 6. The van der Waals surface area contributed by atoms with Gasteiger partial charge in [0.05, 0.1) is 15.8 Å². The lowest BCUT2D eigenvalue weighted by atomic mass is 10.0. The molecule has 0 saturated heterocycles. The number of allylic oxidation sites excluding steroid dienone is 1. The lowest BCUT2D eigenvalue weighted by Crippen LogP contribution is -2.40. The van der Waals surface area contributed by atoms with E-state index in [9.17, 15) is 14.7 Å². The molecule has 1 amide bonds. The zero-order chi connectivity index (χ0) is 26.4. The highest BCUT2D eigenvalue weighted by molar-refractivity contribution is 7.10.